The first-order valence-electron chi connectivity index (χ1n) is 4.99. The van der Waals surface area contributed by atoms with Gasteiger partial charge in [-0.15, -0.1) is 0 Å². The highest BCUT2D eigenvalue weighted by Gasteiger charge is 2.37. The van der Waals surface area contributed by atoms with E-state index in [-0.39, 0.29) is 0 Å². The minimum atomic E-state index is 0.943. The molecule has 2 rings (SSSR count). The number of nitrogens with zero attached hydrogens (tertiary/aromatic N) is 1. The van der Waals surface area contributed by atoms with E-state index in [2.05, 4.69) is 18.9 Å². The summed E-state index contributed by atoms with van der Waals surface area (Å²) in [4.78, 5) is 2.58. The lowest BCUT2D eigenvalue weighted by Crippen LogP contribution is -2.40. The van der Waals surface area contributed by atoms with Crippen molar-refractivity contribution in [3.8, 4) is 0 Å². The molecular formula is C10H19N. The van der Waals surface area contributed by atoms with Crippen LogP contribution in [0.5, 0.6) is 0 Å². The van der Waals surface area contributed by atoms with Crippen molar-refractivity contribution in [1.82, 2.24) is 4.90 Å². The molecule has 2 aliphatic rings. The summed E-state index contributed by atoms with van der Waals surface area (Å²) < 4.78 is 0. The van der Waals surface area contributed by atoms with Crippen LogP contribution in [0.2, 0.25) is 0 Å². The standard InChI is InChI=1S/C10H19N/c1-8-5-6-10-9(8)4-3-7-11(10)2/h8-10H,3-7H2,1-2H3/t8-,9?,10?/m0/s1. The molecule has 0 aromatic carbocycles. The third-order valence-corrected chi connectivity index (χ3v) is 3.76. The van der Waals surface area contributed by atoms with Crippen molar-refractivity contribution >= 4 is 0 Å². The molecular weight excluding hydrogens is 134 g/mol. The lowest BCUT2D eigenvalue weighted by Gasteiger charge is -2.36. The number of hydrogen-bond donors (Lipinski definition) is 0. The van der Waals surface area contributed by atoms with E-state index in [1.165, 1.54) is 32.2 Å². The maximum Gasteiger partial charge on any atom is 0.0123 e. The van der Waals surface area contributed by atoms with E-state index in [1.54, 1.807) is 0 Å². The van der Waals surface area contributed by atoms with Gasteiger partial charge in [-0.3, -0.25) is 0 Å². The molecule has 1 aliphatic heterocycles. The van der Waals surface area contributed by atoms with Crippen LogP contribution in [0.15, 0.2) is 0 Å². The number of fused-ring (bicyclic) bond motifs is 1. The van der Waals surface area contributed by atoms with E-state index in [9.17, 15) is 0 Å². The summed E-state index contributed by atoms with van der Waals surface area (Å²) in [6, 6.07) is 0.943. The smallest absolute Gasteiger partial charge is 0.0123 e. The second-order valence-electron chi connectivity index (χ2n) is 4.41. The summed E-state index contributed by atoms with van der Waals surface area (Å²) in [5, 5.41) is 0. The molecule has 0 N–H and O–H groups in total. The van der Waals surface area contributed by atoms with E-state index in [4.69, 9.17) is 0 Å². The van der Waals surface area contributed by atoms with Crippen molar-refractivity contribution in [2.24, 2.45) is 11.8 Å². The number of rotatable bonds is 0. The summed E-state index contributed by atoms with van der Waals surface area (Å²) in [5.41, 5.74) is 0. The summed E-state index contributed by atoms with van der Waals surface area (Å²) in [5.74, 6) is 2.04. The fraction of sp³-hybridized carbons (Fsp3) is 1.00. The monoisotopic (exact) mass is 153 g/mol. The molecule has 0 bridgehead atoms. The van der Waals surface area contributed by atoms with Crippen LogP contribution in [-0.4, -0.2) is 24.5 Å². The van der Waals surface area contributed by atoms with Gasteiger partial charge in [0.05, 0.1) is 0 Å². The molecule has 3 atom stereocenters. The van der Waals surface area contributed by atoms with E-state index >= 15 is 0 Å². The zero-order valence-electron chi connectivity index (χ0n) is 7.71. The largest absolute Gasteiger partial charge is 0.303 e. The lowest BCUT2D eigenvalue weighted by molar-refractivity contribution is 0.128. The van der Waals surface area contributed by atoms with Gasteiger partial charge in [0.15, 0.2) is 0 Å². The first-order valence-corrected chi connectivity index (χ1v) is 4.99. The Morgan fingerprint density at radius 2 is 2.00 bits per heavy atom. The average Bonchev–Trinajstić information content (AvgIpc) is 2.35. The van der Waals surface area contributed by atoms with Gasteiger partial charge < -0.3 is 4.90 Å². The quantitative estimate of drug-likeness (QED) is 0.515. The molecule has 0 radical (unpaired) electrons. The summed E-state index contributed by atoms with van der Waals surface area (Å²) in [7, 11) is 2.30. The van der Waals surface area contributed by atoms with Crippen LogP contribution < -0.4 is 0 Å². The Labute approximate surface area is 69.8 Å². The molecule has 1 nitrogen and oxygen atoms in total. The van der Waals surface area contributed by atoms with Crippen LogP contribution in [0.4, 0.5) is 0 Å². The van der Waals surface area contributed by atoms with Crippen LogP contribution in [0.25, 0.3) is 0 Å². The third kappa shape index (κ3) is 1.20. The van der Waals surface area contributed by atoms with Crippen LogP contribution >= 0.6 is 0 Å². The molecule has 1 aliphatic carbocycles. The molecule has 0 aromatic rings. The van der Waals surface area contributed by atoms with E-state index in [0.29, 0.717) is 0 Å². The van der Waals surface area contributed by atoms with Crippen LogP contribution in [0.1, 0.15) is 32.6 Å². The normalized spacial score (nSPS) is 45.8. The predicted octanol–water partition coefficient (Wildman–Crippen LogP) is 2.13. The molecule has 1 saturated carbocycles. The molecule has 1 saturated heterocycles. The third-order valence-electron chi connectivity index (χ3n) is 3.76. The van der Waals surface area contributed by atoms with Crippen molar-refractivity contribution in [3.63, 3.8) is 0 Å². The predicted molar refractivity (Wildman–Crippen MR) is 47.5 cm³/mol. The van der Waals surface area contributed by atoms with E-state index < -0.39 is 0 Å². The van der Waals surface area contributed by atoms with Crippen molar-refractivity contribution in [2.45, 2.75) is 38.6 Å². The minimum absolute atomic E-state index is 0.943. The van der Waals surface area contributed by atoms with E-state index in [0.717, 1.165) is 17.9 Å². The Morgan fingerprint density at radius 1 is 1.18 bits per heavy atom. The topological polar surface area (TPSA) is 3.24 Å². The van der Waals surface area contributed by atoms with Gasteiger partial charge in [-0.05, 0) is 51.1 Å². The Kier molecular flexibility index (Phi) is 1.92. The highest BCUT2D eigenvalue weighted by Crippen LogP contribution is 2.39. The molecule has 1 heterocycles. The highest BCUT2D eigenvalue weighted by atomic mass is 15.1. The van der Waals surface area contributed by atoms with Gasteiger partial charge in [0.2, 0.25) is 0 Å². The van der Waals surface area contributed by atoms with Crippen molar-refractivity contribution in [2.75, 3.05) is 13.6 Å². The van der Waals surface area contributed by atoms with Gasteiger partial charge in [-0.2, -0.15) is 0 Å². The first kappa shape index (κ1) is 7.60. The molecule has 2 fully saturated rings. The zero-order chi connectivity index (χ0) is 7.84. The summed E-state index contributed by atoms with van der Waals surface area (Å²) >= 11 is 0. The fourth-order valence-corrected chi connectivity index (χ4v) is 3.01. The van der Waals surface area contributed by atoms with Gasteiger partial charge in [-0.1, -0.05) is 6.92 Å². The Bertz CT molecular complexity index is 142. The maximum atomic E-state index is 2.58. The molecule has 64 valence electrons. The molecule has 0 spiro atoms. The minimum Gasteiger partial charge on any atom is -0.303 e. The molecule has 0 aromatic heterocycles. The SMILES string of the molecule is C[C@H]1CCC2C1CCCN2C. The maximum absolute atomic E-state index is 2.58. The van der Waals surface area contributed by atoms with Crippen molar-refractivity contribution < 1.29 is 0 Å². The van der Waals surface area contributed by atoms with Gasteiger partial charge in [0.25, 0.3) is 0 Å². The number of likely N-dealkylation sites (tertiary alicyclic amines) is 1. The Balaban J connectivity index is 2.07. The highest BCUT2D eigenvalue weighted by molar-refractivity contribution is 4.91. The van der Waals surface area contributed by atoms with Crippen molar-refractivity contribution in [3.05, 3.63) is 0 Å². The second-order valence-corrected chi connectivity index (χ2v) is 4.41. The second kappa shape index (κ2) is 2.78. The first-order chi connectivity index (χ1) is 5.29. The van der Waals surface area contributed by atoms with Gasteiger partial charge in [0, 0.05) is 6.04 Å². The number of piperidine rings is 1. The van der Waals surface area contributed by atoms with E-state index in [1.807, 2.05) is 0 Å². The molecule has 1 heteroatoms. The van der Waals surface area contributed by atoms with Gasteiger partial charge in [0.1, 0.15) is 0 Å². The summed E-state index contributed by atoms with van der Waals surface area (Å²) in [6.45, 7) is 3.78. The summed E-state index contributed by atoms with van der Waals surface area (Å²) in [6.07, 6.45) is 5.86. The van der Waals surface area contributed by atoms with Gasteiger partial charge in [-0.25, -0.2) is 0 Å². The van der Waals surface area contributed by atoms with Crippen molar-refractivity contribution in [1.29, 1.82) is 0 Å². The zero-order valence-corrected chi connectivity index (χ0v) is 7.71. The van der Waals surface area contributed by atoms with Crippen LogP contribution in [0, 0.1) is 11.8 Å². The average molecular weight is 153 g/mol. The molecule has 2 unspecified atom stereocenters. The fourth-order valence-electron chi connectivity index (χ4n) is 3.01. The molecule has 11 heavy (non-hydrogen) atoms. The number of hydrogen-bond acceptors (Lipinski definition) is 1. The molecule has 0 amide bonds. The lowest BCUT2D eigenvalue weighted by atomic mass is 9.87. The van der Waals surface area contributed by atoms with Crippen LogP contribution in [-0.2, 0) is 0 Å². The van der Waals surface area contributed by atoms with Gasteiger partial charge >= 0.3 is 0 Å². The Morgan fingerprint density at radius 3 is 2.73 bits per heavy atom. The Hall–Kier alpha value is -0.0400. The van der Waals surface area contributed by atoms with Crippen LogP contribution in [0.3, 0.4) is 0 Å².